The van der Waals surface area contributed by atoms with E-state index in [1.165, 1.54) is 11.1 Å². The van der Waals surface area contributed by atoms with Crippen molar-refractivity contribution in [3.05, 3.63) is 35.4 Å². The first-order chi connectivity index (χ1) is 6.74. The lowest BCUT2D eigenvalue weighted by atomic mass is 10.1. The zero-order chi connectivity index (χ0) is 9.97. The van der Waals surface area contributed by atoms with Gasteiger partial charge in [-0.2, -0.15) is 0 Å². The summed E-state index contributed by atoms with van der Waals surface area (Å²) < 4.78 is 0. The summed E-state index contributed by atoms with van der Waals surface area (Å²) in [5.41, 5.74) is 8.61. The lowest BCUT2D eigenvalue weighted by Gasteiger charge is -2.15. The predicted molar refractivity (Wildman–Crippen MR) is 73.5 cm³/mol. The van der Waals surface area contributed by atoms with Crippen LogP contribution in [0.5, 0.6) is 0 Å². The van der Waals surface area contributed by atoms with Crippen LogP contribution in [0.4, 0.5) is 0 Å². The molecule has 2 nitrogen and oxygen atoms in total. The molecular weight excluding hydrogens is 243 g/mol. The SMILES string of the molecule is Cc1cccc(CN2CC[C@@H](N)C2)c1.Cl.Cl. The molecule has 0 aromatic heterocycles. The van der Waals surface area contributed by atoms with Crippen LogP contribution < -0.4 is 5.73 Å². The molecule has 1 fully saturated rings. The van der Waals surface area contributed by atoms with Crippen LogP contribution in [-0.2, 0) is 6.54 Å². The summed E-state index contributed by atoms with van der Waals surface area (Å²) in [5.74, 6) is 0. The molecule has 1 aromatic rings. The van der Waals surface area contributed by atoms with E-state index >= 15 is 0 Å². The standard InChI is InChI=1S/C12H18N2.2ClH/c1-10-3-2-4-11(7-10)8-14-6-5-12(13)9-14;;/h2-4,7,12H,5-6,8-9,13H2,1H3;2*1H/t12-;;/m1../s1. The van der Waals surface area contributed by atoms with Gasteiger partial charge in [0.25, 0.3) is 0 Å². The van der Waals surface area contributed by atoms with Gasteiger partial charge in [0.2, 0.25) is 0 Å². The molecule has 4 heteroatoms. The molecule has 2 N–H and O–H groups in total. The second-order valence-electron chi connectivity index (χ2n) is 4.27. The Kier molecular flexibility index (Phi) is 7.00. The Morgan fingerprint density at radius 3 is 2.69 bits per heavy atom. The fourth-order valence-corrected chi connectivity index (χ4v) is 2.07. The van der Waals surface area contributed by atoms with Crippen LogP contribution in [0.1, 0.15) is 17.5 Å². The Hall–Kier alpha value is -0.280. The lowest BCUT2D eigenvalue weighted by Crippen LogP contribution is -2.26. The van der Waals surface area contributed by atoms with Crippen LogP contribution in [-0.4, -0.2) is 24.0 Å². The maximum Gasteiger partial charge on any atom is 0.0234 e. The molecule has 0 bridgehead atoms. The van der Waals surface area contributed by atoms with Gasteiger partial charge in [0.05, 0.1) is 0 Å². The molecule has 0 aliphatic carbocycles. The molecule has 1 aliphatic rings. The average molecular weight is 263 g/mol. The zero-order valence-corrected chi connectivity index (χ0v) is 11.2. The minimum absolute atomic E-state index is 0. The first kappa shape index (κ1) is 15.7. The van der Waals surface area contributed by atoms with Gasteiger partial charge in [-0.05, 0) is 18.9 Å². The molecule has 92 valence electrons. The Balaban J connectivity index is 0.00000112. The Morgan fingerprint density at radius 2 is 2.12 bits per heavy atom. The highest BCUT2D eigenvalue weighted by Gasteiger charge is 2.18. The van der Waals surface area contributed by atoms with Gasteiger partial charge >= 0.3 is 0 Å². The second kappa shape index (κ2) is 7.13. The third-order valence-corrected chi connectivity index (χ3v) is 2.80. The lowest BCUT2D eigenvalue weighted by molar-refractivity contribution is 0.327. The summed E-state index contributed by atoms with van der Waals surface area (Å²) in [6.45, 7) is 5.39. The molecule has 1 heterocycles. The summed E-state index contributed by atoms with van der Waals surface area (Å²) in [7, 11) is 0. The molecule has 1 aromatic carbocycles. The van der Waals surface area contributed by atoms with Gasteiger partial charge in [0, 0.05) is 25.7 Å². The molecule has 0 saturated carbocycles. The highest BCUT2D eigenvalue weighted by Crippen LogP contribution is 2.12. The minimum atomic E-state index is 0. The predicted octanol–water partition coefficient (Wildman–Crippen LogP) is 2.37. The molecule has 1 atom stereocenters. The quantitative estimate of drug-likeness (QED) is 0.887. The molecule has 16 heavy (non-hydrogen) atoms. The number of nitrogens with two attached hydrogens (primary N) is 1. The maximum absolute atomic E-state index is 5.87. The molecule has 0 spiro atoms. The number of hydrogen-bond acceptors (Lipinski definition) is 2. The third kappa shape index (κ3) is 4.30. The van der Waals surface area contributed by atoms with E-state index in [0.29, 0.717) is 6.04 Å². The van der Waals surface area contributed by atoms with Gasteiger partial charge in [-0.3, -0.25) is 4.90 Å². The molecular formula is C12H20Cl2N2. The van der Waals surface area contributed by atoms with Crippen LogP contribution >= 0.6 is 24.8 Å². The van der Waals surface area contributed by atoms with E-state index in [2.05, 4.69) is 36.1 Å². The van der Waals surface area contributed by atoms with Crippen molar-refractivity contribution < 1.29 is 0 Å². The van der Waals surface area contributed by atoms with Gasteiger partial charge in [0.1, 0.15) is 0 Å². The van der Waals surface area contributed by atoms with Crippen molar-refractivity contribution in [3.8, 4) is 0 Å². The van der Waals surface area contributed by atoms with E-state index in [0.717, 1.165) is 26.1 Å². The van der Waals surface area contributed by atoms with Crippen molar-refractivity contribution in [2.75, 3.05) is 13.1 Å². The zero-order valence-electron chi connectivity index (χ0n) is 9.56. The van der Waals surface area contributed by atoms with Crippen molar-refractivity contribution in [1.82, 2.24) is 4.90 Å². The highest BCUT2D eigenvalue weighted by atomic mass is 35.5. The normalized spacial score (nSPS) is 20.0. The van der Waals surface area contributed by atoms with Crippen molar-refractivity contribution in [2.45, 2.75) is 25.9 Å². The second-order valence-corrected chi connectivity index (χ2v) is 4.27. The largest absolute Gasteiger partial charge is 0.326 e. The van der Waals surface area contributed by atoms with Crippen molar-refractivity contribution in [3.63, 3.8) is 0 Å². The van der Waals surface area contributed by atoms with E-state index in [1.807, 2.05) is 0 Å². The van der Waals surface area contributed by atoms with Crippen molar-refractivity contribution >= 4 is 24.8 Å². The van der Waals surface area contributed by atoms with Gasteiger partial charge in [-0.15, -0.1) is 24.8 Å². The Labute approximate surface area is 110 Å². The minimum Gasteiger partial charge on any atom is -0.326 e. The van der Waals surface area contributed by atoms with Gasteiger partial charge in [-0.1, -0.05) is 29.8 Å². The van der Waals surface area contributed by atoms with Crippen LogP contribution in [0.25, 0.3) is 0 Å². The number of nitrogens with zero attached hydrogens (tertiary/aromatic N) is 1. The molecule has 0 radical (unpaired) electrons. The molecule has 2 rings (SSSR count). The smallest absolute Gasteiger partial charge is 0.0234 e. The number of rotatable bonds is 2. The summed E-state index contributed by atoms with van der Waals surface area (Å²) in [4.78, 5) is 2.43. The Bertz CT molecular complexity index is 318. The topological polar surface area (TPSA) is 29.3 Å². The van der Waals surface area contributed by atoms with Crippen LogP contribution in [0, 0.1) is 6.92 Å². The van der Waals surface area contributed by atoms with Crippen LogP contribution in [0.15, 0.2) is 24.3 Å². The Morgan fingerprint density at radius 1 is 1.38 bits per heavy atom. The molecule has 1 aliphatic heterocycles. The number of likely N-dealkylation sites (tertiary alicyclic amines) is 1. The number of aryl methyl sites for hydroxylation is 1. The number of halogens is 2. The number of hydrogen-bond donors (Lipinski definition) is 1. The maximum atomic E-state index is 5.87. The summed E-state index contributed by atoms with van der Waals surface area (Å²) in [5, 5.41) is 0. The van der Waals surface area contributed by atoms with E-state index in [4.69, 9.17) is 5.73 Å². The van der Waals surface area contributed by atoms with Crippen LogP contribution in [0.3, 0.4) is 0 Å². The fourth-order valence-electron chi connectivity index (χ4n) is 2.07. The summed E-state index contributed by atoms with van der Waals surface area (Å²) in [6.07, 6.45) is 1.14. The fraction of sp³-hybridized carbons (Fsp3) is 0.500. The first-order valence-corrected chi connectivity index (χ1v) is 5.27. The van der Waals surface area contributed by atoms with Gasteiger partial charge < -0.3 is 5.73 Å². The number of benzene rings is 1. The van der Waals surface area contributed by atoms with E-state index < -0.39 is 0 Å². The third-order valence-electron chi connectivity index (χ3n) is 2.80. The molecule has 0 unspecified atom stereocenters. The van der Waals surface area contributed by atoms with E-state index in [1.54, 1.807) is 0 Å². The highest BCUT2D eigenvalue weighted by molar-refractivity contribution is 5.85. The molecule has 1 saturated heterocycles. The summed E-state index contributed by atoms with van der Waals surface area (Å²) in [6, 6.07) is 9.10. The van der Waals surface area contributed by atoms with Crippen molar-refractivity contribution in [2.24, 2.45) is 5.73 Å². The van der Waals surface area contributed by atoms with Crippen molar-refractivity contribution in [1.29, 1.82) is 0 Å². The molecule has 0 amide bonds. The average Bonchev–Trinajstić information content (AvgIpc) is 2.51. The van der Waals surface area contributed by atoms with E-state index in [9.17, 15) is 0 Å². The summed E-state index contributed by atoms with van der Waals surface area (Å²) >= 11 is 0. The monoisotopic (exact) mass is 262 g/mol. The van der Waals surface area contributed by atoms with Crippen LogP contribution in [0.2, 0.25) is 0 Å². The van der Waals surface area contributed by atoms with Gasteiger partial charge in [-0.25, -0.2) is 0 Å². The van der Waals surface area contributed by atoms with Gasteiger partial charge in [0.15, 0.2) is 0 Å². The first-order valence-electron chi connectivity index (χ1n) is 5.27. The van der Waals surface area contributed by atoms with E-state index in [-0.39, 0.29) is 24.8 Å².